The van der Waals surface area contributed by atoms with Gasteiger partial charge < -0.3 is 5.32 Å². The van der Waals surface area contributed by atoms with E-state index in [0.29, 0.717) is 0 Å². The van der Waals surface area contributed by atoms with Crippen molar-refractivity contribution in [3.05, 3.63) is 54.1 Å². The quantitative estimate of drug-likeness (QED) is 0.469. The Morgan fingerprint density at radius 3 is 2.21 bits per heavy atom. The first-order valence-electron chi connectivity index (χ1n) is 6.64. The predicted octanol–water partition coefficient (Wildman–Crippen LogP) is 4.93. The molecule has 0 heterocycles. The molecule has 0 amide bonds. The van der Waals surface area contributed by atoms with E-state index >= 15 is 0 Å². The van der Waals surface area contributed by atoms with Crippen molar-refractivity contribution in [2.24, 2.45) is 0 Å². The molecule has 0 aliphatic heterocycles. The molecule has 4 rings (SSSR count). The van der Waals surface area contributed by atoms with Crippen molar-refractivity contribution in [1.82, 2.24) is 0 Å². The van der Waals surface area contributed by atoms with Gasteiger partial charge in [-0.1, -0.05) is 42.5 Å². The number of rotatable bonds is 1. The highest BCUT2D eigenvalue weighted by Gasteiger charge is 2.11. The maximum absolute atomic E-state index is 3.35. The molecule has 0 aliphatic rings. The van der Waals surface area contributed by atoms with Crippen LogP contribution in [0.2, 0.25) is 0 Å². The van der Waals surface area contributed by atoms with E-state index in [9.17, 15) is 0 Å². The van der Waals surface area contributed by atoms with Gasteiger partial charge in [-0.3, -0.25) is 0 Å². The lowest BCUT2D eigenvalue weighted by atomic mass is 9.92. The molecule has 19 heavy (non-hydrogen) atoms. The highest BCUT2D eigenvalue weighted by atomic mass is 14.8. The second-order valence-corrected chi connectivity index (χ2v) is 5.17. The minimum Gasteiger partial charge on any atom is -0.387 e. The van der Waals surface area contributed by atoms with Gasteiger partial charge in [-0.2, -0.15) is 0 Å². The van der Waals surface area contributed by atoms with E-state index in [2.05, 4.69) is 60.8 Å². The summed E-state index contributed by atoms with van der Waals surface area (Å²) in [6, 6.07) is 17.7. The SMILES string of the molecule is CNc1c(C)cc2ccc3cccc4ccc1c2c34. The van der Waals surface area contributed by atoms with Crippen LogP contribution in [0.4, 0.5) is 5.69 Å². The standard InChI is InChI=1S/C18H15N/c1-11-10-14-7-6-12-4-3-5-13-8-9-15(18(11)19-2)17(14)16(12)13/h3-10,19H,1-2H3. The first-order valence-corrected chi connectivity index (χ1v) is 6.64. The van der Waals surface area contributed by atoms with Crippen LogP contribution in [0, 0.1) is 6.92 Å². The summed E-state index contributed by atoms with van der Waals surface area (Å²) < 4.78 is 0. The smallest absolute Gasteiger partial charge is 0.0447 e. The van der Waals surface area contributed by atoms with Crippen molar-refractivity contribution < 1.29 is 0 Å². The van der Waals surface area contributed by atoms with Crippen LogP contribution < -0.4 is 5.32 Å². The third-order valence-electron chi connectivity index (χ3n) is 4.09. The zero-order valence-corrected chi connectivity index (χ0v) is 11.1. The fraction of sp³-hybridized carbons (Fsp3) is 0.111. The van der Waals surface area contributed by atoms with Gasteiger partial charge in [0.05, 0.1) is 0 Å². The van der Waals surface area contributed by atoms with E-state index in [1.54, 1.807) is 0 Å². The van der Waals surface area contributed by atoms with Crippen LogP contribution >= 0.6 is 0 Å². The molecule has 0 saturated heterocycles. The van der Waals surface area contributed by atoms with Crippen molar-refractivity contribution in [2.45, 2.75) is 6.92 Å². The summed E-state index contributed by atoms with van der Waals surface area (Å²) in [6.07, 6.45) is 0. The summed E-state index contributed by atoms with van der Waals surface area (Å²) in [5, 5.41) is 11.4. The summed E-state index contributed by atoms with van der Waals surface area (Å²) in [7, 11) is 2.00. The number of hydrogen-bond donors (Lipinski definition) is 1. The Morgan fingerprint density at radius 2 is 1.47 bits per heavy atom. The van der Waals surface area contributed by atoms with E-state index in [4.69, 9.17) is 0 Å². The molecular weight excluding hydrogens is 230 g/mol. The second-order valence-electron chi connectivity index (χ2n) is 5.17. The Hall–Kier alpha value is -2.28. The molecule has 0 spiro atoms. The highest BCUT2D eigenvalue weighted by Crippen LogP contribution is 2.38. The minimum absolute atomic E-state index is 1.24. The molecule has 0 bridgehead atoms. The van der Waals surface area contributed by atoms with Gasteiger partial charge in [0, 0.05) is 18.1 Å². The van der Waals surface area contributed by atoms with Crippen molar-refractivity contribution in [3.8, 4) is 0 Å². The van der Waals surface area contributed by atoms with E-state index in [1.165, 1.54) is 43.6 Å². The maximum atomic E-state index is 3.35. The van der Waals surface area contributed by atoms with Gasteiger partial charge >= 0.3 is 0 Å². The van der Waals surface area contributed by atoms with Gasteiger partial charge in [0.2, 0.25) is 0 Å². The van der Waals surface area contributed by atoms with Crippen molar-refractivity contribution >= 4 is 38.0 Å². The monoisotopic (exact) mass is 245 g/mol. The fourth-order valence-electron chi connectivity index (χ4n) is 3.29. The first kappa shape index (κ1) is 10.6. The largest absolute Gasteiger partial charge is 0.387 e. The van der Waals surface area contributed by atoms with Crippen LogP contribution in [-0.2, 0) is 0 Å². The lowest BCUT2D eigenvalue weighted by molar-refractivity contribution is 1.44. The van der Waals surface area contributed by atoms with Crippen LogP contribution in [0.15, 0.2) is 48.5 Å². The van der Waals surface area contributed by atoms with Gasteiger partial charge in [-0.05, 0) is 45.5 Å². The average Bonchev–Trinajstić information content (AvgIpc) is 2.44. The summed E-state index contributed by atoms with van der Waals surface area (Å²) in [4.78, 5) is 0. The Kier molecular flexibility index (Phi) is 2.02. The third kappa shape index (κ3) is 1.30. The highest BCUT2D eigenvalue weighted by molar-refractivity contribution is 6.25. The Balaban J connectivity index is 2.39. The van der Waals surface area contributed by atoms with E-state index < -0.39 is 0 Å². The molecule has 0 unspecified atom stereocenters. The van der Waals surface area contributed by atoms with Crippen LogP contribution in [0.3, 0.4) is 0 Å². The molecule has 0 radical (unpaired) electrons. The Morgan fingerprint density at radius 1 is 0.789 bits per heavy atom. The maximum Gasteiger partial charge on any atom is 0.0447 e. The van der Waals surface area contributed by atoms with Gasteiger partial charge in [-0.15, -0.1) is 0 Å². The van der Waals surface area contributed by atoms with Crippen molar-refractivity contribution in [3.63, 3.8) is 0 Å². The van der Waals surface area contributed by atoms with Gasteiger partial charge in [0.1, 0.15) is 0 Å². The van der Waals surface area contributed by atoms with Crippen molar-refractivity contribution in [2.75, 3.05) is 12.4 Å². The van der Waals surface area contributed by atoms with E-state index in [0.717, 1.165) is 0 Å². The summed E-state index contributed by atoms with van der Waals surface area (Å²) >= 11 is 0. The fourth-order valence-corrected chi connectivity index (χ4v) is 3.29. The molecule has 1 heteroatoms. The number of nitrogens with one attached hydrogen (secondary N) is 1. The van der Waals surface area contributed by atoms with Crippen molar-refractivity contribution in [1.29, 1.82) is 0 Å². The molecule has 0 fully saturated rings. The molecule has 1 nitrogen and oxygen atoms in total. The molecule has 0 aliphatic carbocycles. The zero-order valence-electron chi connectivity index (χ0n) is 11.1. The molecule has 0 aromatic heterocycles. The summed E-state index contributed by atoms with van der Waals surface area (Å²) in [5.41, 5.74) is 2.54. The van der Waals surface area contributed by atoms with E-state index in [-0.39, 0.29) is 0 Å². The molecule has 1 N–H and O–H groups in total. The van der Waals surface area contributed by atoms with Crippen LogP contribution in [-0.4, -0.2) is 7.05 Å². The number of anilines is 1. The second kappa shape index (κ2) is 3.61. The molecule has 0 atom stereocenters. The Labute approximate surface area is 112 Å². The van der Waals surface area contributed by atoms with Crippen LogP contribution in [0.1, 0.15) is 5.56 Å². The number of hydrogen-bond acceptors (Lipinski definition) is 1. The normalized spacial score (nSPS) is 11.7. The predicted molar refractivity (Wildman–Crippen MR) is 84.4 cm³/mol. The Bertz CT molecular complexity index is 890. The topological polar surface area (TPSA) is 12.0 Å². The average molecular weight is 245 g/mol. The number of aryl methyl sites for hydroxylation is 1. The van der Waals surface area contributed by atoms with Gasteiger partial charge in [-0.25, -0.2) is 0 Å². The minimum atomic E-state index is 1.24. The molecule has 4 aromatic carbocycles. The van der Waals surface area contributed by atoms with Crippen LogP contribution in [0.25, 0.3) is 32.3 Å². The lowest BCUT2D eigenvalue weighted by Crippen LogP contribution is -1.94. The molecular formula is C18H15N. The third-order valence-corrected chi connectivity index (χ3v) is 4.09. The van der Waals surface area contributed by atoms with E-state index in [1.807, 2.05) is 7.05 Å². The van der Waals surface area contributed by atoms with Gasteiger partial charge in [0.15, 0.2) is 0 Å². The first-order chi connectivity index (χ1) is 9.29. The van der Waals surface area contributed by atoms with Gasteiger partial charge in [0.25, 0.3) is 0 Å². The molecule has 92 valence electrons. The number of benzene rings is 4. The molecule has 4 aromatic rings. The summed E-state index contributed by atoms with van der Waals surface area (Å²) in [5.74, 6) is 0. The summed E-state index contributed by atoms with van der Waals surface area (Å²) in [6.45, 7) is 2.17. The molecule has 0 saturated carbocycles. The van der Waals surface area contributed by atoms with Crippen LogP contribution in [0.5, 0.6) is 0 Å². The zero-order chi connectivity index (χ0) is 13.0. The lowest BCUT2D eigenvalue weighted by Gasteiger charge is -2.15.